The van der Waals surface area contributed by atoms with E-state index in [2.05, 4.69) is 13.8 Å². The van der Waals surface area contributed by atoms with Gasteiger partial charge < -0.3 is 9.47 Å². The van der Waals surface area contributed by atoms with Crippen LogP contribution in [-0.2, 0) is 9.47 Å². The third kappa shape index (κ3) is 1.76. The highest BCUT2D eigenvalue weighted by Gasteiger charge is 2.52. The van der Waals surface area contributed by atoms with E-state index in [0.29, 0.717) is 24.4 Å². The fraction of sp³-hybridized carbons (Fsp3) is 1.00. The SMILES string of the molecule is CC1C(CC2CCC3OC3C2C)CCC2OC21. The van der Waals surface area contributed by atoms with Gasteiger partial charge in [0.1, 0.15) is 0 Å². The Bertz CT molecular complexity index is 286. The zero-order valence-corrected chi connectivity index (χ0v) is 11.0. The van der Waals surface area contributed by atoms with Crippen molar-refractivity contribution < 1.29 is 9.47 Å². The maximum Gasteiger partial charge on any atom is 0.0869 e. The largest absolute Gasteiger partial charge is 0.369 e. The predicted octanol–water partition coefficient (Wildman–Crippen LogP) is 3.00. The van der Waals surface area contributed by atoms with Crippen LogP contribution in [0.1, 0.15) is 46.0 Å². The second kappa shape index (κ2) is 3.71. The summed E-state index contributed by atoms with van der Waals surface area (Å²) in [6, 6.07) is 0. The number of hydrogen-bond donors (Lipinski definition) is 0. The van der Waals surface area contributed by atoms with Crippen LogP contribution in [0.15, 0.2) is 0 Å². The smallest absolute Gasteiger partial charge is 0.0869 e. The van der Waals surface area contributed by atoms with Crippen LogP contribution in [0, 0.1) is 23.7 Å². The molecule has 0 aromatic carbocycles. The van der Waals surface area contributed by atoms with E-state index in [9.17, 15) is 0 Å². The standard InChI is InChI=1S/C15H24O2/c1-8-10(3-5-12-14(8)16-12)7-11-4-6-13-15(17-13)9(11)2/h8-15H,3-7H2,1-2H3. The topological polar surface area (TPSA) is 25.1 Å². The molecule has 0 aromatic heterocycles. The molecule has 8 atom stereocenters. The number of epoxide rings is 2. The Hall–Kier alpha value is -0.0800. The van der Waals surface area contributed by atoms with Gasteiger partial charge in [-0.3, -0.25) is 0 Å². The molecule has 4 fully saturated rings. The highest BCUT2D eigenvalue weighted by molar-refractivity contribution is 5.00. The van der Waals surface area contributed by atoms with Crippen molar-refractivity contribution in [1.29, 1.82) is 0 Å². The lowest BCUT2D eigenvalue weighted by molar-refractivity contribution is 0.166. The Morgan fingerprint density at radius 3 is 1.71 bits per heavy atom. The summed E-state index contributed by atoms with van der Waals surface area (Å²) in [5.74, 6) is 3.44. The molecule has 2 saturated heterocycles. The molecule has 8 unspecified atom stereocenters. The molecule has 2 aliphatic carbocycles. The van der Waals surface area contributed by atoms with E-state index in [1.807, 2.05) is 0 Å². The predicted molar refractivity (Wildman–Crippen MR) is 65.7 cm³/mol. The van der Waals surface area contributed by atoms with Gasteiger partial charge in [0.05, 0.1) is 24.4 Å². The molecule has 0 spiro atoms. The minimum atomic E-state index is 0.623. The molecular formula is C15H24O2. The summed E-state index contributed by atoms with van der Waals surface area (Å²) in [6.45, 7) is 4.83. The van der Waals surface area contributed by atoms with E-state index in [4.69, 9.17) is 9.47 Å². The molecule has 96 valence electrons. The molecule has 4 aliphatic rings. The van der Waals surface area contributed by atoms with E-state index in [1.54, 1.807) is 0 Å². The highest BCUT2D eigenvalue weighted by atomic mass is 16.6. The fourth-order valence-electron chi connectivity index (χ4n) is 4.58. The van der Waals surface area contributed by atoms with Crippen LogP contribution >= 0.6 is 0 Å². The molecular weight excluding hydrogens is 212 g/mol. The Morgan fingerprint density at radius 2 is 1.24 bits per heavy atom. The average Bonchev–Trinajstić information content (AvgIpc) is 3.18. The minimum Gasteiger partial charge on any atom is -0.369 e. The highest BCUT2D eigenvalue weighted by Crippen LogP contribution is 2.50. The Morgan fingerprint density at radius 1 is 0.765 bits per heavy atom. The number of ether oxygens (including phenoxy) is 2. The van der Waals surface area contributed by atoms with Crippen LogP contribution in [0.25, 0.3) is 0 Å². The van der Waals surface area contributed by atoms with Crippen molar-refractivity contribution in [3.05, 3.63) is 0 Å². The van der Waals surface area contributed by atoms with Gasteiger partial charge in [0.15, 0.2) is 0 Å². The van der Waals surface area contributed by atoms with Crippen LogP contribution in [0.5, 0.6) is 0 Å². The van der Waals surface area contributed by atoms with E-state index in [-0.39, 0.29) is 0 Å². The molecule has 4 rings (SSSR count). The summed E-state index contributed by atoms with van der Waals surface area (Å²) in [4.78, 5) is 0. The molecule has 0 amide bonds. The molecule has 2 heterocycles. The second-order valence-electron chi connectivity index (χ2n) is 6.91. The third-order valence-electron chi connectivity index (χ3n) is 6.02. The molecule has 2 nitrogen and oxygen atoms in total. The van der Waals surface area contributed by atoms with Crippen LogP contribution in [0.3, 0.4) is 0 Å². The lowest BCUT2D eigenvalue weighted by Gasteiger charge is -2.33. The van der Waals surface area contributed by atoms with Crippen molar-refractivity contribution in [2.24, 2.45) is 23.7 Å². The van der Waals surface area contributed by atoms with Crippen LogP contribution in [0.2, 0.25) is 0 Å². The number of fused-ring (bicyclic) bond motifs is 2. The summed E-state index contributed by atoms with van der Waals surface area (Å²) < 4.78 is 11.5. The molecule has 0 radical (unpaired) electrons. The number of rotatable bonds is 2. The van der Waals surface area contributed by atoms with Crippen molar-refractivity contribution in [2.75, 3.05) is 0 Å². The summed E-state index contributed by atoms with van der Waals surface area (Å²) in [7, 11) is 0. The first-order valence-corrected chi connectivity index (χ1v) is 7.55. The Kier molecular flexibility index (Phi) is 2.36. The van der Waals surface area contributed by atoms with Gasteiger partial charge in [-0.25, -0.2) is 0 Å². The first-order valence-electron chi connectivity index (χ1n) is 7.55. The minimum absolute atomic E-state index is 0.623. The van der Waals surface area contributed by atoms with Gasteiger partial charge in [0, 0.05) is 0 Å². The molecule has 17 heavy (non-hydrogen) atoms. The second-order valence-corrected chi connectivity index (χ2v) is 6.91. The van der Waals surface area contributed by atoms with E-state index in [1.165, 1.54) is 32.1 Å². The summed E-state index contributed by atoms with van der Waals surface area (Å²) >= 11 is 0. The van der Waals surface area contributed by atoms with Crippen molar-refractivity contribution in [2.45, 2.75) is 70.4 Å². The van der Waals surface area contributed by atoms with Gasteiger partial charge >= 0.3 is 0 Å². The van der Waals surface area contributed by atoms with Gasteiger partial charge in [-0.05, 0) is 55.8 Å². The zero-order chi connectivity index (χ0) is 11.6. The van der Waals surface area contributed by atoms with Crippen LogP contribution in [-0.4, -0.2) is 24.4 Å². The monoisotopic (exact) mass is 236 g/mol. The van der Waals surface area contributed by atoms with E-state index >= 15 is 0 Å². The van der Waals surface area contributed by atoms with Gasteiger partial charge in [-0.15, -0.1) is 0 Å². The quantitative estimate of drug-likeness (QED) is 0.689. The van der Waals surface area contributed by atoms with Crippen molar-refractivity contribution in [3.8, 4) is 0 Å². The Balaban J connectivity index is 1.39. The average molecular weight is 236 g/mol. The lowest BCUT2D eigenvalue weighted by atomic mass is 9.70. The zero-order valence-electron chi connectivity index (χ0n) is 11.0. The molecule has 0 bridgehead atoms. The molecule has 2 saturated carbocycles. The third-order valence-corrected chi connectivity index (χ3v) is 6.02. The van der Waals surface area contributed by atoms with E-state index < -0.39 is 0 Å². The van der Waals surface area contributed by atoms with Gasteiger partial charge in [-0.1, -0.05) is 13.8 Å². The Labute approximate surface area is 104 Å². The first kappa shape index (κ1) is 10.8. The van der Waals surface area contributed by atoms with Gasteiger partial charge in [-0.2, -0.15) is 0 Å². The van der Waals surface area contributed by atoms with Gasteiger partial charge in [0.25, 0.3) is 0 Å². The first-order chi connectivity index (χ1) is 8.24. The number of hydrogen-bond acceptors (Lipinski definition) is 2. The van der Waals surface area contributed by atoms with Crippen molar-refractivity contribution >= 4 is 0 Å². The maximum atomic E-state index is 5.74. The molecule has 0 N–H and O–H groups in total. The van der Waals surface area contributed by atoms with E-state index in [0.717, 1.165) is 23.7 Å². The summed E-state index contributed by atoms with van der Waals surface area (Å²) in [5.41, 5.74) is 0. The molecule has 0 aromatic rings. The molecule has 2 aliphatic heterocycles. The summed E-state index contributed by atoms with van der Waals surface area (Å²) in [6.07, 6.45) is 9.41. The lowest BCUT2D eigenvalue weighted by Crippen LogP contribution is -2.31. The summed E-state index contributed by atoms with van der Waals surface area (Å²) in [5, 5.41) is 0. The van der Waals surface area contributed by atoms with Crippen LogP contribution in [0.4, 0.5) is 0 Å². The maximum absolute atomic E-state index is 5.74. The molecule has 2 heteroatoms. The van der Waals surface area contributed by atoms with Crippen molar-refractivity contribution in [1.82, 2.24) is 0 Å². The van der Waals surface area contributed by atoms with Gasteiger partial charge in [0.2, 0.25) is 0 Å². The van der Waals surface area contributed by atoms with Crippen molar-refractivity contribution in [3.63, 3.8) is 0 Å². The van der Waals surface area contributed by atoms with Crippen LogP contribution < -0.4 is 0 Å². The normalized spacial score (nSPS) is 60.4. The fourth-order valence-corrected chi connectivity index (χ4v) is 4.58.